The van der Waals surface area contributed by atoms with Crippen LogP contribution in [-0.4, -0.2) is 59.8 Å². The van der Waals surface area contributed by atoms with E-state index >= 15 is 0 Å². The number of anilines is 3. The summed E-state index contributed by atoms with van der Waals surface area (Å²) in [5.41, 5.74) is 1.95. The summed E-state index contributed by atoms with van der Waals surface area (Å²) in [5, 5.41) is 12.6. The average molecular weight is 419 g/mol. The molecule has 3 aliphatic rings. The van der Waals surface area contributed by atoms with Crippen LogP contribution in [0.1, 0.15) is 49.7 Å². The second-order valence-corrected chi connectivity index (χ2v) is 9.00. The van der Waals surface area contributed by atoms with Crippen molar-refractivity contribution in [2.75, 3.05) is 43.1 Å². The van der Waals surface area contributed by atoms with Gasteiger partial charge < -0.3 is 15.0 Å². The normalized spacial score (nSPS) is 22.8. The number of nitriles is 1. The molecule has 0 bridgehead atoms. The molecule has 1 N–H and O–H groups in total. The maximum atomic E-state index is 9.20. The van der Waals surface area contributed by atoms with E-state index in [9.17, 15) is 5.26 Å². The topological polar surface area (TPSA) is 77.3 Å². The van der Waals surface area contributed by atoms with Crippen molar-refractivity contribution in [2.45, 2.75) is 50.6 Å². The molecule has 3 aliphatic heterocycles. The molecule has 0 saturated carbocycles. The first-order valence-corrected chi connectivity index (χ1v) is 11.4. The molecule has 5 heterocycles. The lowest BCUT2D eigenvalue weighted by Crippen LogP contribution is -2.51. The number of hydrogen-bond acceptors (Lipinski definition) is 7. The maximum Gasteiger partial charge on any atom is 0.134 e. The summed E-state index contributed by atoms with van der Waals surface area (Å²) >= 11 is 0. The van der Waals surface area contributed by atoms with Gasteiger partial charge in [0.1, 0.15) is 17.5 Å². The molecule has 162 valence electrons. The molecule has 0 radical (unpaired) electrons. The molecular weight excluding hydrogens is 388 g/mol. The Bertz CT molecular complexity index is 961. The number of aromatic nitrogens is 2. The van der Waals surface area contributed by atoms with Gasteiger partial charge in [-0.05, 0) is 81.4 Å². The Morgan fingerprint density at radius 3 is 2.61 bits per heavy atom. The molecule has 2 aromatic heterocycles. The van der Waals surface area contributed by atoms with Gasteiger partial charge in [0.2, 0.25) is 0 Å². The molecule has 3 saturated heterocycles. The highest BCUT2D eigenvalue weighted by atomic mass is 16.5. The van der Waals surface area contributed by atoms with Crippen LogP contribution >= 0.6 is 0 Å². The van der Waals surface area contributed by atoms with Crippen LogP contribution in [0.25, 0.3) is 0 Å². The quantitative estimate of drug-likeness (QED) is 0.794. The summed E-state index contributed by atoms with van der Waals surface area (Å²) in [6.45, 7) is 7.38. The van der Waals surface area contributed by atoms with Gasteiger partial charge in [0.05, 0.1) is 30.9 Å². The fourth-order valence-electron chi connectivity index (χ4n) is 4.99. The molecule has 5 rings (SSSR count). The second kappa shape index (κ2) is 8.81. The Balaban J connectivity index is 1.40. The predicted octanol–water partition coefficient (Wildman–Crippen LogP) is 3.66. The van der Waals surface area contributed by atoms with Crippen molar-refractivity contribution in [1.29, 1.82) is 5.26 Å². The van der Waals surface area contributed by atoms with Crippen molar-refractivity contribution in [2.24, 2.45) is 0 Å². The Hall–Kier alpha value is -2.69. The smallest absolute Gasteiger partial charge is 0.134 e. The molecule has 0 spiro atoms. The molecule has 7 nitrogen and oxygen atoms in total. The molecule has 0 amide bonds. The molecule has 7 heteroatoms. The fourth-order valence-corrected chi connectivity index (χ4v) is 4.99. The van der Waals surface area contributed by atoms with Crippen molar-refractivity contribution >= 4 is 17.5 Å². The van der Waals surface area contributed by atoms with Gasteiger partial charge in [-0.1, -0.05) is 0 Å². The molecule has 2 aromatic rings. The zero-order valence-corrected chi connectivity index (χ0v) is 18.1. The number of nitrogens with one attached hydrogen (secondary N) is 1. The highest BCUT2D eigenvalue weighted by Crippen LogP contribution is 2.35. The largest absolute Gasteiger partial charge is 0.378 e. The van der Waals surface area contributed by atoms with Crippen molar-refractivity contribution in [3.05, 3.63) is 41.6 Å². The van der Waals surface area contributed by atoms with Crippen LogP contribution in [0, 0.1) is 11.3 Å². The van der Waals surface area contributed by atoms with E-state index in [1.807, 2.05) is 0 Å². The summed E-state index contributed by atoms with van der Waals surface area (Å²) in [5.74, 6) is 3.06. The van der Waals surface area contributed by atoms with Gasteiger partial charge in [0.25, 0.3) is 0 Å². The van der Waals surface area contributed by atoms with Gasteiger partial charge in [-0.3, -0.25) is 4.90 Å². The number of rotatable bonds is 5. The SMILES string of the molecule is CC1CCCN1c1cc(C2CCN(C3COC3)CC2)cc(Nc2cc(C#N)ccn2)n1. The van der Waals surface area contributed by atoms with Crippen LogP contribution in [0.4, 0.5) is 17.5 Å². The van der Waals surface area contributed by atoms with Gasteiger partial charge in [0.15, 0.2) is 0 Å². The fraction of sp³-hybridized carbons (Fsp3) is 0.542. The van der Waals surface area contributed by atoms with Crippen molar-refractivity contribution < 1.29 is 4.74 Å². The second-order valence-electron chi connectivity index (χ2n) is 9.00. The van der Waals surface area contributed by atoms with Crippen LogP contribution in [0.2, 0.25) is 0 Å². The first-order valence-electron chi connectivity index (χ1n) is 11.4. The van der Waals surface area contributed by atoms with E-state index in [2.05, 4.69) is 45.2 Å². The first-order chi connectivity index (χ1) is 15.2. The van der Waals surface area contributed by atoms with Gasteiger partial charge in [0, 0.05) is 18.8 Å². The third kappa shape index (κ3) is 4.36. The number of likely N-dealkylation sites (tertiary alicyclic amines) is 1. The zero-order chi connectivity index (χ0) is 21.2. The minimum Gasteiger partial charge on any atom is -0.378 e. The minimum atomic E-state index is 0.510. The number of piperidine rings is 1. The lowest BCUT2D eigenvalue weighted by Gasteiger charge is -2.41. The van der Waals surface area contributed by atoms with Crippen LogP contribution in [0.5, 0.6) is 0 Å². The maximum absolute atomic E-state index is 9.20. The van der Waals surface area contributed by atoms with Crippen molar-refractivity contribution in [1.82, 2.24) is 14.9 Å². The first kappa shape index (κ1) is 20.2. The zero-order valence-electron chi connectivity index (χ0n) is 18.1. The van der Waals surface area contributed by atoms with E-state index in [1.54, 1.807) is 18.3 Å². The summed E-state index contributed by atoms with van der Waals surface area (Å²) in [4.78, 5) is 14.3. The highest BCUT2D eigenvalue weighted by Gasteiger charge is 2.31. The van der Waals surface area contributed by atoms with Crippen LogP contribution < -0.4 is 10.2 Å². The predicted molar refractivity (Wildman–Crippen MR) is 121 cm³/mol. The van der Waals surface area contributed by atoms with E-state index < -0.39 is 0 Å². The summed E-state index contributed by atoms with van der Waals surface area (Å²) < 4.78 is 5.38. The summed E-state index contributed by atoms with van der Waals surface area (Å²) in [6, 6.07) is 11.3. The molecule has 0 aliphatic carbocycles. The summed E-state index contributed by atoms with van der Waals surface area (Å²) in [6.07, 6.45) is 6.41. The third-order valence-corrected chi connectivity index (χ3v) is 6.96. The van der Waals surface area contributed by atoms with Gasteiger partial charge in [-0.15, -0.1) is 0 Å². The average Bonchev–Trinajstić information content (AvgIpc) is 3.19. The standard InChI is InChI=1S/C24H30N6O/c1-17-3-2-8-30(17)24-13-20(19-5-9-29(10-6-19)21-15-31-16-21)12-23(28-24)27-22-11-18(14-25)4-7-26-22/h4,7,11-13,17,19,21H,2-3,5-6,8-10,15-16H2,1H3,(H,26,27,28). The van der Waals surface area contributed by atoms with E-state index in [0.29, 0.717) is 29.4 Å². The van der Waals surface area contributed by atoms with E-state index in [0.717, 1.165) is 57.3 Å². The molecule has 0 aromatic carbocycles. The van der Waals surface area contributed by atoms with Gasteiger partial charge in [-0.2, -0.15) is 5.26 Å². The van der Waals surface area contributed by atoms with E-state index in [4.69, 9.17) is 9.72 Å². The molecule has 3 fully saturated rings. The molecular formula is C24H30N6O. The van der Waals surface area contributed by atoms with Crippen molar-refractivity contribution in [3.63, 3.8) is 0 Å². The van der Waals surface area contributed by atoms with Gasteiger partial charge in [-0.25, -0.2) is 9.97 Å². The molecule has 1 atom stereocenters. The Morgan fingerprint density at radius 1 is 1.10 bits per heavy atom. The highest BCUT2D eigenvalue weighted by molar-refractivity contribution is 5.59. The lowest BCUT2D eigenvalue weighted by molar-refractivity contribution is -0.0712. The van der Waals surface area contributed by atoms with E-state index in [-0.39, 0.29) is 0 Å². The number of pyridine rings is 2. The van der Waals surface area contributed by atoms with Crippen LogP contribution in [0.3, 0.4) is 0 Å². The Labute approximate surface area is 184 Å². The molecule has 31 heavy (non-hydrogen) atoms. The monoisotopic (exact) mass is 418 g/mol. The number of ether oxygens (including phenoxy) is 1. The van der Waals surface area contributed by atoms with Crippen LogP contribution in [-0.2, 0) is 4.74 Å². The summed E-state index contributed by atoms with van der Waals surface area (Å²) in [7, 11) is 0. The Kier molecular flexibility index (Phi) is 5.75. The number of nitrogens with zero attached hydrogens (tertiary/aromatic N) is 5. The lowest BCUT2D eigenvalue weighted by atomic mass is 9.89. The van der Waals surface area contributed by atoms with Crippen LogP contribution in [0.15, 0.2) is 30.5 Å². The van der Waals surface area contributed by atoms with Gasteiger partial charge >= 0.3 is 0 Å². The molecule has 1 unspecified atom stereocenters. The van der Waals surface area contributed by atoms with E-state index in [1.165, 1.54) is 18.4 Å². The number of hydrogen-bond donors (Lipinski definition) is 1. The minimum absolute atomic E-state index is 0.510. The third-order valence-electron chi connectivity index (χ3n) is 6.96. The Morgan fingerprint density at radius 2 is 1.94 bits per heavy atom. The van der Waals surface area contributed by atoms with Crippen molar-refractivity contribution in [3.8, 4) is 6.07 Å².